The molecule has 0 spiro atoms. The average molecular weight is 1050 g/mol. The average Bonchev–Trinajstić information content (AvgIpc) is 3.23. The SMILES string of the molecule is CCCCCCCCCCCCCCCCCC[NH3+].CCCCCCCCCCCCCCCCCC[NH3+].CCCCCCCCCCCCCCCCCC[NH3+].[Br-].[Br-].[Br-]. The quantitative estimate of drug-likeness (QED) is 0.0529. The largest absolute Gasteiger partial charge is 1.00 e. The predicted octanol–water partition coefficient (Wildman–Crippen LogP) is 7.48. The van der Waals surface area contributed by atoms with Crippen molar-refractivity contribution in [2.24, 2.45) is 0 Å². The molecule has 60 heavy (non-hydrogen) atoms. The zero-order chi connectivity index (χ0) is 42.1. The normalized spacial score (nSPS) is 10.5. The smallest absolute Gasteiger partial charge is 0.0739 e. The van der Waals surface area contributed by atoms with Crippen LogP contribution in [0.5, 0.6) is 0 Å². The van der Waals surface area contributed by atoms with Crippen molar-refractivity contribution in [2.75, 3.05) is 19.6 Å². The predicted molar refractivity (Wildman–Crippen MR) is 262 cm³/mol. The lowest BCUT2D eigenvalue weighted by Crippen LogP contribution is -3.00. The van der Waals surface area contributed by atoms with Gasteiger partial charge in [0.05, 0.1) is 19.6 Å². The minimum Gasteiger partial charge on any atom is -1.00 e. The van der Waals surface area contributed by atoms with E-state index in [1.807, 2.05) is 0 Å². The van der Waals surface area contributed by atoms with E-state index in [0.29, 0.717) is 0 Å². The van der Waals surface area contributed by atoms with Crippen molar-refractivity contribution >= 4 is 0 Å². The molecule has 0 fully saturated rings. The Balaban J connectivity index is -0.000000178. The van der Waals surface area contributed by atoms with Crippen LogP contribution in [0, 0.1) is 0 Å². The summed E-state index contributed by atoms with van der Waals surface area (Å²) in [6.45, 7) is 10.2. The number of quaternary nitrogens is 3. The Labute approximate surface area is 414 Å². The Morgan fingerprint density at radius 2 is 0.233 bits per heavy atom. The molecule has 6 heteroatoms. The van der Waals surface area contributed by atoms with Gasteiger partial charge in [0.2, 0.25) is 0 Å². The molecule has 0 unspecified atom stereocenters. The first-order valence-electron chi connectivity index (χ1n) is 27.6. The van der Waals surface area contributed by atoms with Crippen LogP contribution in [-0.2, 0) is 0 Å². The number of halogens is 3. The number of rotatable bonds is 48. The van der Waals surface area contributed by atoms with Gasteiger partial charge in [0.25, 0.3) is 0 Å². The maximum atomic E-state index is 3.89. The summed E-state index contributed by atoms with van der Waals surface area (Å²) < 4.78 is 0. The minimum atomic E-state index is 0. The van der Waals surface area contributed by atoms with Crippen molar-refractivity contribution < 1.29 is 68.1 Å². The highest BCUT2D eigenvalue weighted by molar-refractivity contribution is 4.52. The van der Waals surface area contributed by atoms with Crippen LogP contribution in [0.1, 0.15) is 329 Å². The molecule has 0 aromatic carbocycles. The summed E-state index contributed by atoms with van der Waals surface area (Å²) in [6.07, 6.45) is 69.6. The molecule has 0 aromatic heterocycles. The molecule has 0 aliphatic heterocycles. The molecular formula is C54H120Br3N3. The van der Waals surface area contributed by atoms with Crippen molar-refractivity contribution in [2.45, 2.75) is 329 Å². The molecule has 0 atom stereocenters. The maximum Gasteiger partial charge on any atom is 0.0739 e. The first kappa shape index (κ1) is 72.9. The Morgan fingerprint density at radius 3 is 0.317 bits per heavy atom. The van der Waals surface area contributed by atoms with E-state index in [9.17, 15) is 0 Å². The summed E-state index contributed by atoms with van der Waals surface area (Å²) in [5.41, 5.74) is 11.7. The molecule has 0 rings (SSSR count). The van der Waals surface area contributed by atoms with Crippen LogP contribution < -0.4 is 68.1 Å². The first-order chi connectivity index (χ1) is 28.2. The van der Waals surface area contributed by atoms with Gasteiger partial charge < -0.3 is 68.1 Å². The molecule has 0 radical (unpaired) electrons. The minimum absolute atomic E-state index is 0. The standard InChI is InChI=1S/3C18H39N.3BrH/c3*1-2-3-4-5-6-7-8-9-10-11-12-13-14-15-16-17-18-19;;;/h3*2-19H2,1H3;3*1H. The van der Waals surface area contributed by atoms with Crippen LogP contribution in [0.2, 0.25) is 0 Å². The van der Waals surface area contributed by atoms with Gasteiger partial charge in [-0.2, -0.15) is 0 Å². The zero-order valence-electron chi connectivity index (χ0n) is 42.3. The monoisotopic (exact) mass is 1050 g/mol. The third kappa shape index (κ3) is 82.9. The number of unbranched alkanes of at least 4 members (excludes halogenated alkanes) is 45. The van der Waals surface area contributed by atoms with E-state index in [1.54, 1.807) is 0 Å². The molecule has 0 heterocycles. The van der Waals surface area contributed by atoms with Gasteiger partial charge in [0.15, 0.2) is 0 Å². The summed E-state index contributed by atoms with van der Waals surface area (Å²) in [5, 5.41) is 0. The Kier molecular flexibility index (Phi) is 94.2. The van der Waals surface area contributed by atoms with Gasteiger partial charge in [-0.1, -0.05) is 290 Å². The second-order valence-corrected chi connectivity index (χ2v) is 18.5. The van der Waals surface area contributed by atoms with Gasteiger partial charge >= 0.3 is 0 Å². The van der Waals surface area contributed by atoms with Crippen molar-refractivity contribution in [3.8, 4) is 0 Å². The van der Waals surface area contributed by atoms with Crippen molar-refractivity contribution in [3.63, 3.8) is 0 Å². The van der Waals surface area contributed by atoms with Gasteiger partial charge in [-0.05, 0) is 38.5 Å². The molecule has 0 aliphatic carbocycles. The fraction of sp³-hybridized carbons (Fsp3) is 1.00. The van der Waals surface area contributed by atoms with Crippen molar-refractivity contribution in [1.82, 2.24) is 0 Å². The van der Waals surface area contributed by atoms with Gasteiger partial charge in [-0.25, -0.2) is 0 Å². The van der Waals surface area contributed by atoms with Crippen LogP contribution in [0.4, 0.5) is 0 Å². The number of hydrogen-bond donors (Lipinski definition) is 3. The van der Waals surface area contributed by atoms with Crippen LogP contribution >= 0.6 is 0 Å². The molecule has 0 aromatic rings. The molecule has 3 nitrogen and oxygen atoms in total. The van der Waals surface area contributed by atoms with Crippen LogP contribution in [0.15, 0.2) is 0 Å². The van der Waals surface area contributed by atoms with Gasteiger partial charge in [0.1, 0.15) is 0 Å². The van der Waals surface area contributed by atoms with E-state index in [4.69, 9.17) is 0 Å². The van der Waals surface area contributed by atoms with Crippen LogP contribution in [-0.4, -0.2) is 19.6 Å². The summed E-state index contributed by atoms with van der Waals surface area (Å²) in [7, 11) is 0. The fourth-order valence-corrected chi connectivity index (χ4v) is 8.17. The third-order valence-electron chi connectivity index (χ3n) is 12.3. The lowest BCUT2D eigenvalue weighted by Gasteiger charge is -2.03. The highest BCUT2D eigenvalue weighted by Gasteiger charge is 1.97. The van der Waals surface area contributed by atoms with E-state index in [1.165, 1.54) is 308 Å². The highest BCUT2D eigenvalue weighted by atomic mass is 79.9. The molecule has 0 saturated heterocycles. The Morgan fingerprint density at radius 1 is 0.150 bits per heavy atom. The van der Waals surface area contributed by atoms with Crippen molar-refractivity contribution in [1.29, 1.82) is 0 Å². The van der Waals surface area contributed by atoms with E-state index in [2.05, 4.69) is 38.0 Å². The molecular weight excluding hydrogens is 930 g/mol. The Hall–Kier alpha value is 1.32. The second kappa shape index (κ2) is 77.5. The van der Waals surface area contributed by atoms with E-state index < -0.39 is 0 Å². The second-order valence-electron chi connectivity index (χ2n) is 18.5. The maximum absolute atomic E-state index is 3.89. The zero-order valence-corrected chi connectivity index (χ0v) is 47.1. The lowest BCUT2D eigenvalue weighted by molar-refractivity contribution is -0.368. The molecule has 0 saturated carbocycles. The fourth-order valence-electron chi connectivity index (χ4n) is 8.17. The molecule has 0 amide bonds. The van der Waals surface area contributed by atoms with Gasteiger partial charge in [-0.15, -0.1) is 0 Å². The van der Waals surface area contributed by atoms with Crippen LogP contribution in [0.3, 0.4) is 0 Å². The summed E-state index contributed by atoms with van der Waals surface area (Å²) in [4.78, 5) is 0. The van der Waals surface area contributed by atoms with Crippen molar-refractivity contribution in [3.05, 3.63) is 0 Å². The van der Waals surface area contributed by atoms with E-state index in [0.717, 1.165) is 19.6 Å². The van der Waals surface area contributed by atoms with Gasteiger partial charge in [-0.3, -0.25) is 0 Å². The highest BCUT2D eigenvalue weighted by Crippen LogP contribution is 2.16. The summed E-state index contributed by atoms with van der Waals surface area (Å²) >= 11 is 0. The molecule has 9 N–H and O–H groups in total. The lowest BCUT2D eigenvalue weighted by atomic mass is 10.0. The summed E-state index contributed by atoms with van der Waals surface area (Å²) in [5.74, 6) is 0. The molecule has 372 valence electrons. The number of hydrogen-bond acceptors (Lipinski definition) is 0. The first-order valence-corrected chi connectivity index (χ1v) is 27.6. The Bertz CT molecular complexity index is 484. The van der Waals surface area contributed by atoms with Gasteiger partial charge in [0, 0.05) is 0 Å². The molecule has 0 bridgehead atoms. The molecule has 0 aliphatic rings. The topological polar surface area (TPSA) is 82.9 Å². The third-order valence-corrected chi connectivity index (χ3v) is 12.3. The van der Waals surface area contributed by atoms with E-state index in [-0.39, 0.29) is 50.9 Å². The summed E-state index contributed by atoms with van der Waals surface area (Å²) in [6, 6.07) is 0. The van der Waals surface area contributed by atoms with E-state index >= 15 is 0 Å². The van der Waals surface area contributed by atoms with Crippen LogP contribution in [0.25, 0.3) is 0 Å².